The van der Waals surface area contributed by atoms with E-state index in [1.807, 2.05) is 42.5 Å². The summed E-state index contributed by atoms with van der Waals surface area (Å²) in [6, 6.07) is 19.4. The minimum atomic E-state index is -0.680. The highest BCUT2D eigenvalue weighted by molar-refractivity contribution is 5.99. The summed E-state index contributed by atoms with van der Waals surface area (Å²) in [5.41, 5.74) is 9.19. The summed E-state index contributed by atoms with van der Waals surface area (Å²) >= 11 is 0. The van der Waals surface area contributed by atoms with Crippen LogP contribution in [-0.4, -0.2) is 57.3 Å². The summed E-state index contributed by atoms with van der Waals surface area (Å²) in [4.78, 5) is 27.7. The first-order valence-electron chi connectivity index (χ1n) is 12.6. The number of nitrogens with one attached hydrogen (secondary N) is 1. The highest BCUT2D eigenvalue weighted by atomic mass is 16.7. The van der Waals surface area contributed by atoms with Gasteiger partial charge in [0, 0.05) is 31.9 Å². The van der Waals surface area contributed by atoms with Crippen LogP contribution in [0.3, 0.4) is 0 Å². The molecule has 10 heteroatoms. The molecule has 0 radical (unpaired) electrons. The lowest BCUT2D eigenvalue weighted by Crippen LogP contribution is -2.43. The van der Waals surface area contributed by atoms with Gasteiger partial charge >= 0.3 is 6.09 Å². The van der Waals surface area contributed by atoms with E-state index >= 15 is 0 Å². The second kappa shape index (κ2) is 13.5. The smallest absolute Gasteiger partial charge is 0.410 e. The van der Waals surface area contributed by atoms with Gasteiger partial charge in [0.05, 0.1) is 11.4 Å². The SMILES string of the molecule is COCOc1c(N)cccc1-c1cccc(NC(=O)C2CCCN2C(=O)OCc2ccccc2)c1OCOC. The fraction of sp³-hybridized carbons (Fsp3) is 0.310. The van der Waals surface area contributed by atoms with Crippen LogP contribution in [0.25, 0.3) is 11.1 Å². The van der Waals surface area contributed by atoms with E-state index in [9.17, 15) is 9.59 Å². The van der Waals surface area contributed by atoms with Crippen LogP contribution in [-0.2, 0) is 25.6 Å². The van der Waals surface area contributed by atoms with Crippen LogP contribution in [0.4, 0.5) is 16.2 Å². The lowest BCUT2D eigenvalue weighted by molar-refractivity contribution is -0.120. The number of nitrogens with two attached hydrogens (primary N) is 1. The molecule has 39 heavy (non-hydrogen) atoms. The summed E-state index contributed by atoms with van der Waals surface area (Å²) < 4.78 is 27.4. The summed E-state index contributed by atoms with van der Waals surface area (Å²) in [6.45, 7) is 0.513. The van der Waals surface area contributed by atoms with Crippen molar-refractivity contribution in [3.05, 3.63) is 72.3 Å². The first-order valence-corrected chi connectivity index (χ1v) is 12.6. The molecule has 10 nitrogen and oxygen atoms in total. The Bertz CT molecular complexity index is 1270. The number of ether oxygens (including phenoxy) is 5. The number of benzene rings is 3. The molecule has 0 spiro atoms. The first-order chi connectivity index (χ1) is 19.0. The number of nitrogen functional groups attached to an aromatic ring is 1. The van der Waals surface area contributed by atoms with Gasteiger partial charge in [0.25, 0.3) is 0 Å². The second-order valence-electron chi connectivity index (χ2n) is 8.89. The maximum atomic E-state index is 13.4. The minimum absolute atomic E-state index is 0.00376. The molecule has 1 fully saturated rings. The average molecular weight is 536 g/mol. The zero-order chi connectivity index (χ0) is 27.6. The van der Waals surface area contributed by atoms with Crippen molar-refractivity contribution in [1.29, 1.82) is 0 Å². The van der Waals surface area contributed by atoms with Gasteiger partial charge in [-0.05, 0) is 30.5 Å². The van der Waals surface area contributed by atoms with Crippen molar-refractivity contribution in [2.24, 2.45) is 0 Å². The molecule has 0 aromatic heterocycles. The fourth-order valence-electron chi connectivity index (χ4n) is 4.44. The Kier molecular flexibility index (Phi) is 9.60. The zero-order valence-corrected chi connectivity index (χ0v) is 22.1. The van der Waals surface area contributed by atoms with Gasteiger partial charge in [0.1, 0.15) is 12.6 Å². The predicted octanol–water partition coefficient (Wildman–Crippen LogP) is 4.64. The maximum Gasteiger partial charge on any atom is 0.410 e. The van der Waals surface area contributed by atoms with E-state index in [1.165, 1.54) is 19.1 Å². The Labute approximate surface area is 227 Å². The quantitative estimate of drug-likeness (QED) is 0.269. The van der Waals surface area contributed by atoms with Gasteiger partial charge in [0.2, 0.25) is 5.91 Å². The minimum Gasteiger partial charge on any atom is -0.465 e. The third-order valence-corrected chi connectivity index (χ3v) is 6.25. The number of nitrogens with zero attached hydrogens (tertiary/aromatic N) is 1. The van der Waals surface area contributed by atoms with Crippen LogP contribution in [0.2, 0.25) is 0 Å². The predicted molar refractivity (Wildman–Crippen MR) is 146 cm³/mol. The standard InChI is InChI=1S/C29H33N3O7/c1-35-18-38-26-21(11-6-13-23(26)30)22-12-7-14-24(27(22)39-19-36-2)31-28(33)25-15-8-16-32(25)29(34)37-17-20-9-4-3-5-10-20/h3-7,9-14,25H,8,15-19,30H2,1-2H3,(H,31,33). The summed E-state index contributed by atoms with van der Waals surface area (Å²) in [5, 5.41) is 2.94. The Hall–Kier alpha value is -4.28. The van der Waals surface area contributed by atoms with Crippen molar-refractivity contribution in [2.45, 2.75) is 25.5 Å². The van der Waals surface area contributed by atoms with Crippen LogP contribution in [0.15, 0.2) is 66.7 Å². The molecular formula is C29H33N3O7. The van der Waals surface area contributed by atoms with Gasteiger partial charge in [-0.3, -0.25) is 9.69 Å². The molecular weight excluding hydrogens is 502 g/mol. The zero-order valence-electron chi connectivity index (χ0n) is 22.1. The van der Waals surface area contributed by atoms with Crippen LogP contribution in [0, 0.1) is 0 Å². The largest absolute Gasteiger partial charge is 0.465 e. The highest BCUT2D eigenvalue weighted by Crippen LogP contribution is 2.43. The molecule has 1 atom stereocenters. The molecule has 0 aliphatic carbocycles. The highest BCUT2D eigenvalue weighted by Gasteiger charge is 2.35. The molecule has 206 valence electrons. The van der Waals surface area contributed by atoms with Crippen molar-refractivity contribution in [2.75, 3.05) is 45.4 Å². The number of carbonyl (C=O) groups excluding carboxylic acids is 2. The monoisotopic (exact) mass is 535 g/mol. The van der Waals surface area contributed by atoms with E-state index in [-0.39, 0.29) is 26.1 Å². The number of likely N-dealkylation sites (tertiary alicyclic amines) is 1. The molecule has 4 rings (SSSR count). The van der Waals surface area contributed by atoms with Crippen molar-refractivity contribution in [3.8, 4) is 22.6 Å². The van der Waals surface area contributed by atoms with Crippen molar-refractivity contribution >= 4 is 23.4 Å². The van der Waals surface area contributed by atoms with Gasteiger partial charge in [-0.1, -0.05) is 54.6 Å². The van der Waals surface area contributed by atoms with Crippen LogP contribution in [0.1, 0.15) is 18.4 Å². The molecule has 3 aromatic carbocycles. The van der Waals surface area contributed by atoms with Gasteiger partial charge in [-0.2, -0.15) is 0 Å². The number of methoxy groups -OCH3 is 2. The van der Waals surface area contributed by atoms with Gasteiger partial charge in [-0.15, -0.1) is 0 Å². The number of hydrogen-bond acceptors (Lipinski definition) is 8. The number of para-hydroxylation sites is 2. The summed E-state index contributed by atoms with van der Waals surface area (Å²) in [5.74, 6) is 0.456. The Morgan fingerprint density at radius 2 is 1.56 bits per heavy atom. The van der Waals surface area contributed by atoms with Crippen molar-refractivity contribution in [1.82, 2.24) is 4.90 Å². The number of anilines is 2. The summed E-state index contributed by atoms with van der Waals surface area (Å²) in [6.07, 6.45) is 0.681. The number of rotatable bonds is 11. The molecule has 1 heterocycles. The Morgan fingerprint density at radius 3 is 2.28 bits per heavy atom. The third-order valence-electron chi connectivity index (χ3n) is 6.25. The molecule has 1 saturated heterocycles. The number of carbonyl (C=O) groups is 2. The van der Waals surface area contributed by atoms with Crippen molar-refractivity contribution in [3.63, 3.8) is 0 Å². The molecule has 1 unspecified atom stereocenters. The molecule has 3 N–H and O–H groups in total. The summed E-state index contributed by atoms with van der Waals surface area (Å²) in [7, 11) is 3.03. The van der Waals surface area contributed by atoms with E-state index in [0.717, 1.165) is 5.56 Å². The lowest BCUT2D eigenvalue weighted by Gasteiger charge is -2.24. The molecule has 1 aliphatic heterocycles. The molecule has 1 aliphatic rings. The molecule has 2 amide bonds. The Morgan fingerprint density at radius 1 is 0.897 bits per heavy atom. The Balaban J connectivity index is 1.56. The fourth-order valence-corrected chi connectivity index (χ4v) is 4.44. The average Bonchev–Trinajstić information content (AvgIpc) is 3.45. The van der Waals surface area contributed by atoms with Crippen LogP contribution >= 0.6 is 0 Å². The second-order valence-corrected chi connectivity index (χ2v) is 8.89. The normalized spacial score (nSPS) is 14.6. The van der Waals surface area contributed by atoms with Gasteiger partial charge in [-0.25, -0.2) is 4.79 Å². The van der Waals surface area contributed by atoms with Gasteiger partial charge < -0.3 is 34.7 Å². The molecule has 0 saturated carbocycles. The maximum absolute atomic E-state index is 13.4. The van der Waals surface area contributed by atoms with Crippen LogP contribution < -0.4 is 20.5 Å². The molecule has 3 aromatic rings. The van der Waals surface area contributed by atoms with Gasteiger partial charge in [0.15, 0.2) is 25.1 Å². The number of amides is 2. The van der Waals surface area contributed by atoms with E-state index in [2.05, 4.69) is 5.32 Å². The topological polar surface area (TPSA) is 122 Å². The lowest BCUT2D eigenvalue weighted by atomic mass is 10.0. The van der Waals surface area contributed by atoms with Crippen molar-refractivity contribution < 1.29 is 33.3 Å². The number of hydrogen-bond donors (Lipinski definition) is 2. The van der Waals surface area contributed by atoms with E-state index in [0.29, 0.717) is 53.4 Å². The van der Waals surface area contributed by atoms with E-state index in [4.69, 9.17) is 29.4 Å². The first kappa shape index (κ1) is 27.7. The van der Waals surface area contributed by atoms with Crippen LogP contribution in [0.5, 0.6) is 11.5 Å². The van der Waals surface area contributed by atoms with E-state index in [1.54, 1.807) is 24.3 Å². The van der Waals surface area contributed by atoms with E-state index < -0.39 is 12.1 Å². The molecule has 0 bridgehead atoms. The third kappa shape index (κ3) is 6.78.